The van der Waals surface area contributed by atoms with E-state index in [9.17, 15) is 9.59 Å². The van der Waals surface area contributed by atoms with Gasteiger partial charge in [0.2, 0.25) is 5.91 Å². The lowest BCUT2D eigenvalue weighted by atomic mass is 10.1. The second-order valence-electron chi connectivity index (χ2n) is 3.84. The van der Waals surface area contributed by atoms with Gasteiger partial charge in [-0.05, 0) is 24.6 Å². The zero-order chi connectivity index (χ0) is 13.5. The van der Waals surface area contributed by atoms with Gasteiger partial charge in [-0.1, -0.05) is 12.1 Å². The fourth-order valence-corrected chi connectivity index (χ4v) is 1.52. The van der Waals surface area contributed by atoms with Crippen molar-refractivity contribution >= 4 is 11.9 Å². The van der Waals surface area contributed by atoms with Crippen LogP contribution in [0.4, 0.5) is 0 Å². The summed E-state index contributed by atoms with van der Waals surface area (Å²) in [5.41, 5.74) is 1.39. The lowest BCUT2D eigenvalue weighted by Gasteiger charge is -2.14. The predicted molar refractivity (Wildman–Crippen MR) is 66.2 cm³/mol. The first-order valence-electron chi connectivity index (χ1n) is 5.55. The van der Waals surface area contributed by atoms with Crippen molar-refractivity contribution in [2.24, 2.45) is 0 Å². The van der Waals surface area contributed by atoms with Crippen LogP contribution >= 0.6 is 0 Å². The number of carbonyl (C=O) groups excluding carboxylic acids is 2. The van der Waals surface area contributed by atoms with Crippen LogP contribution in [0.15, 0.2) is 24.3 Å². The van der Waals surface area contributed by atoms with E-state index in [4.69, 9.17) is 4.74 Å². The molecular formula is C13H17NO4. The summed E-state index contributed by atoms with van der Waals surface area (Å²) in [6, 6.07) is 6.76. The molecule has 0 aliphatic rings. The summed E-state index contributed by atoms with van der Waals surface area (Å²) in [6.07, 6.45) is 0. The van der Waals surface area contributed by atoms with Gasteiger partial charge in [-0.2, -0.15) is 0 Å². The number of nitrogens with one attached hydrogen (secondary N) is 1. The Morgan fingerprint density at radius 1 is 1.22 bits per heavy atom. The van der Waals surface area contributed by atoms with Crippen molar-refractivity contribution in [2.45, 2.75) is 13.0 Å². The van der Waals surface area contributed by atoms with Crippen LogP contribution in [0.3, 0.4) is 0 Å². The number of ether oxygens (including phenoxy) is 2. The molecule has 0 heterocycles. The van der Waals surface area contributed by atoms with E-state index in [0.717, 1.165) is 5.56 Å². The highest BCUT2D eigenvalue weighted by Gasteiger charge is 2.10. The number of esters is 1. The molecule has 0 fully saturated rings. The topological polar surface area (TPSA) is 64.6 Å². The normalized spacial score (nSPS) is 11.7. The summed E-state index contributed by atoms with van der Waals surface area (Å²) < 4.78 is 9.34. The Morgan fingerprint density at radius 2 is 1.83 bits per heavy atom. The van der Waals surface area contributed by atoms with Crippen molar-refractivity contribution in [3.63, 3.8) is 0 Å². The first kappa shape index (κ1) is 14.2. The quantitative estimate of drug-likeness (QED) is 0.801. The summed E-state index contributed by atoms with van der Waals surface area (Å²) >= 11 is 0. The maximum atomic E-state index is 11.3. The molecule has 18 heavy (non-hydrogen) atoms. The minimum atomic E-state index is -0.377. The highest BCUT2D eigenvalue weighted by molar-refractivity contribution is 5.89. The largest absolute Gasteiger partial charge is 0.465 e. The van der Waals surface area contributed by atoms with Gasteiger partial charge in [-0.3, -0.25) is 4.79 Å². The minimum Gasteiger partial charge on any atom is -0.465 e. The van der Waals surface area contributed by atoms with E-state index in [1.54, 1.807) is 24.3 Å². The van der Waals surface area contributed by atoms with Gasteiger partial charge in [0.25, 0.3) is 0 Å². The molecule has 1 unspecified atom stereocenters. The average molecular weight is 251 g/mol. The van der Waals surface area contributed by atoms with E-state index in [-0.39, 0.29) is 24.5 Å². The van der Waals surface area contributed by atoms with Crippen molar-refractivity contribution in [2.75, 3.05) is 20.8 Å². The van der Waals surface area contributed by atoms with Crippen LogP contribution in [0.2, 0.25) is 0 Å². The molecule has 1 aromatic rings. The third-order valence-electron chi connectivity index (χ3n) is 2.48. The molecule has 0 aromatic heterocycles. The standard InChI is InChI=1S/C13H17NO4/c1-9(14-12(15)8-17-2)10-4-6-11(7-5-10)13(16)18-3/h4-7,9H,8H2,1-3H3,(H,14,15). The molecule has 0 aliphatic carbocycles. The van der Waals surface area contributed by atoms with Crippen LogP contribution < -0.4 is 5.32 Å². The molecule has 1 rings (SSSR count). The van der Waals surface area contributed by atoms with Crippen molar-refractivity contribution in [3.05, 3.63) is 35.4 Å². The highest BCUT2D eigenvalue weighted by Crippen LogP contribution is 2.13. The van der Waals surface area contributed by atoms with Crippen LogP contribution in [0.1, 0.15) is 28.9 Å². The monoisotopic (exact) mass is 251 g/mol. The molecular weight excluding hydrogens is 234 g/mol. The number of amides is 1. The van der Waals surface area contributed by atoms with Gasteiger partial charge < -0.3 is 14.8 Å². The molecule has 0 bridgehead atoms. The fraction of sp³-hybridized carbons (Fsp3) is 0.385. The lowest BCUT2D eigenvalue weighted by Crippen LogP contribution is -2.29. The summed E-state index contributed by atoms with van der Waals surface area (Å²) in [5, 5.41) is 2.78. The Bertz CT molecular complexity index is 414. The maximum Gasteiger partial charge on any atom is 0.337 e. The fourth-order valence-electron chi connectivity index (χ4n) is 1.52. The number of rotatable bonds is 5. The second kappa shape index (κ2) is 6.76. The first-order chi connectivity index (χ1) is 8.58. The molecule has 1 N–H and O–H groups in total. The minimum absolute atomic E-state index is 0.0323. The highest BCUT2D eigenvalue weighted by atomic mass is 16.5. The Labute approximate surface area is 106 Å². The zero-order valence-corrected chi connectivity index (χ0v) is 10.7. The SMILES string of the molecule is COCC(=O)NC(C)c1ccc(C(=O)OC)cc1. The smallest absolute Gasteiger partial charge is 0.337 e. The van der Waals surface area contributed by atoms with Gasteiger partial charge in [0, 0.05) is 7.11 Å². The number of hydrogen-bond acceptors (Lipinski definition) is 4. The van der Waals surface area contributed by atoms with Crippen LogP contribution in [-0.4, -0.2) is 32.7 Å². The van der Waals surface area contributed by atoms with Gasteiger partial charge in [0.1, 0.15) is 6.61 Å². The molecule has 5 heteroatoms. The van der Waals surface area contributed by atoms with Crippen molar-refractivity contribution in [1.29, 1.82) is 0 Å². The maximum absolute atomic E-state index is 11.3. The van der Waals surface area contributed by atoms with E-state index in [0.29, 0.717) is 5.56 Å². The predicted octanol–water partition coefficient (Wildman–Crippen LogP) is 1.30. The Morgan fingerprint density at radius 3 is 2.33 bits per heavy atom. The molecule has 0 saturated heterocycles. The van der Waals surface area contributed by atoms with Crippen LogP contribution in [-0.2, 0) is 14.3 Å². The molecule has 1 atom stereocenters. The summed E-state index contributed by atoms with van der Waals surface area (Å²) in [6.45, 7) is 1.89. The van der Waals surface area contributed by atoms with E-state index >= 15 is 0 Å². The summed E-state index contributed by atoms with van der Waals surface area (Å²) in [7, 11) is 2.80. The van der Waals surface area contributed by atoms with Gasteiger partial charge in [-0.15, -0.1) is 0 Å². The van der Waals surface area contributed by atoms with Gasteiger partial charge in [-0.25, -0.2) is 4.79 Å². The van der Waals surface area contributed by atoms with Gasteiger partial charge in [0.15, 0.2) is 0 Å². The summed E-state index contributed by atoms with van der Waals surface area (Å²) in [5.74, 6) is -0.556. The van der Waals surface area contributed by atoms with E-state index < -0.39 is 0 Å². The van der Waals surface area contributed by atoms with Gasteiger partial charge in [0.05, 0.1) is 18.7 Å². The number of benzene rings is 1. The molecule has 0 spiro atoms. The van der Waals surface area contributed by atoms with Crippen molar-refractivity contribution in [1.82, 2.24) is 5.32 Å². The Hall–Kier alpha value is -1.88. The Balaban J connectivity index is 2.67. The molecule has 1 amide bonds. The van der Waals surface area contributed by atoms with E-state index in [2.05, 4.69) is 10.1 Å². The van der Waals surface area contributed by atoms with Gasteiger partial charge >= 0.3 is 5.97 Å². The first-order valence-corrected chi connectivity index (χ1v) is 5.55. The zero-order valence-electron chi connectivity index (χ0n) is 10.7. The van der Waals surface area contributed by atoms with E-state index in [1.165, 1.54) is 14.2 Å². The molecule has 0 radical (unpaired) electrons. The molecule has 0 saturated carbocycles. The average Bonchev–Trinajstić information content (AvgIpc) is 2.38. The molecule has 1 aromatic carbocycles. The second-order valence-corrected chi connectivity index (χ2v) is 3.84. The molecule has 5 nitrogen and oxygen atoms in total. The number of methoxy groups -OCH3 is 2. The van der Waals surface area contributed by atoms with Crippen LogP contribution in [0.25, 0.3) is 0 Å². The number of carbonyl (C=O) groups is 2. The van der Waals surface area contributed by atoms with Crippen molar-refractivity contribution < 1.29 is 19.1 Å². The summed E-state index contributed by atoms with van der Waals surface area (Å²) in [4.78, 5) is 22.6. The Kier molecular flexibility index (Phi) is 5.32. The third-order valence-corrected chi connectivity index (χ3v) is 2.48. The molecule has 98 valence electrons. The number of hydrogen-bond donors (Lipinski definition) is 1. The van der Waals surface area contributed by atoms with Crippen LogP contribution in [0, 0.1) is 0 Å². The molecule has 0 aliphatic heterocycles. The lowest BCUT2D eigenvalue weighted by molar-refractivity contribution is -0.125. The van der Waals surface area contributed by atoms with Crippen LogP contribution in [0.5, 0.6) is 0 Å². The van der Waals surface area contributed by atoms with E-state index in [1.807, 2.05) is 6.92 Å². The van der Waals surface area contributed by atoms with Crippen molar-refractivity contribution in [3.8, 4) is 0 Å². The third kappa shape index (κ3) is 3.85.